The van der Waals surface area contributed by atoms with Gasteiger partial charge in [0.05, 0.1) is 7.11 Å². The Balaban J connectivity index is 2.12. The van der Waals surface area contributed by atoms with Gasteiger partial charge in [-0.15, -0.1) is 0 Å². The highest BCUT2D eigenvalue weighted by Crippen LogP contribution is 2.25. The van der Waals surface area contributed by atoms with Crippen molar-refractivity contribution in [1.82, 2.24) is 19.5 Å². The summed E-state index contributed by atoms with van der Waals surface area (Å²) in [5, 5.41) is 0. The van der Waals surface area contributed by atoms with Crippen LogP contribution in [0.5, 0.6) is 5.88 Å². The van der Waals surface area contributed by atoms with Crippen molar-refractivity contribution in [3.8, 4) is 5.88 Å². The number of nitrogen functional groups attached to an aromatic ring is 1. The molecule has 2 N–H and O–H groups in total. The molecule has 0 aliphatic carbocycles. The van der Waals surface area contributed by atoms with Crippen LogP contribution in [0.25, 0.3) is 11.2 Å². The van der Waals surface area contributed by atoms with E-state index in [0.717, 1.165) is 0 Å². The molecule has 2 aromatic heterocycles. The number of ether oxygens (including phenoxy) is 1. The molecule has 0 atom stereocenters. The fraction of sp³-hybridized carbons (Fsp3) is 0.545. The molecule has 9 heteroatoms. The van der Waals surface area contributed by atoms with Gasteiger partial charge in [0.1, 0.15) is 6.33 Å². The molecule has 20 heavy (non-hydrogen) atoms. The molecule has 0 saturated heterocycles. The van der Waals surface area contributed by atoms with E-state index in [-0.39, 0.29) is 18.2 Å². The molecule has 6 nitrogen and oxygen atoms in total. The summed E-state index contributed by atoms with van der Waals surface area (Å²) in [6.45, 7) is 0.318. The summed E-state index contributed by atoms with van der Waals surface area (Å²) < 4.78 is 42.8. The first-order valence-electron chi connectivity index (χ1n) is 6.00. The lowest BCUT2D eigenvalue weighted by molar-refractivity contribution is -0.135. The summed E-state index contributed by atoms with van der Waals surface area (Å²) in [4.78, 5) is 12.0. The standard InChI is InChI=1S/C11H14F3N5O/c1-20-9-7-8(16-6-17-9)19(10(15)18-7)5-3-2-4-11(12,13)14/h6H,2-5H2,1H3,(H2,15,18). The lowest BCUT2D eigenvalue weighted by Crippen LogP contribution is -2.09. The number of aromatic nitrogens is 4. The lowest BCUT2D eigenvalue weighted by Gasteiger charge is -2.07. The number of anilines is 1. The van der Waals surface area contributed by atoms with Gasteiger partial charge in [0.2, 0.25) is 11.8 Å². The van der Waals surface area contributed by atoms with Gasteiger partial charge >= 0.3 is 6.18 Å². The van der Waals surface area contributed by atoms with E-state index in [1.54, 1.807) is 4.57 Å². The molecule has 0 aromatic carbocycles. The first-order valence-corrected chi connectivity index (χ1v) is 6.00. The monoisotopic (exact) mass is 289 g/mol. The van der Waals surface area contributed by atoms with Gasteiger partial charge in [-0.1, -0.05) is 0 Å². The van der Waals surface area contributed by atoms with Crippen molar-refractivity contribution in [2.45, 2.75) is 32.0 Å². The highest BCUT2D eigenvalue weighted by molar-refractivity contribution is 5.78. The second-order valence-electron chi connectivity index (χ2n) is 4.25. The number of nitrogens with two attached hydrogens (primary N) is 1. The summed E-state index contributed by atoms with van der Waals surface area (Å²) >= 11 is 0. The van der Waals surface area contributed by atoms with Gasteiger partial charge < -0.3 is 10.5 Å². The Kier molecular flexibility index (Phi) is 3.96. The number of methoxy groups -OCH3 is 1. The van der Waals surface area contributed by atoms with Crippen molar-refractivity contribution in [2.75, 3.05) is 12.8 Å². The molecule has 0 fully saturated rings. The third kappa shape index (κ3) is 3.09. The zero-order chi connectivity index (χ0) is 14.8. The average Bonchev–Trinajstić information content (AvgIpc) is 2.69. The second-order valence-corrected chi connectivity index (χ2v) is 4.25. The normalized spacial score (nSPS) is 12.0. The van der Waals surface area contributed by atoms with Crippen LogP contribution in [0.2, 0.25) is 0 Å². The minimum Gasteiger partial charge on any atom is -0.479 e. The van der Waals surface area contributed by atoms with Gasteiger partial charge in [0.25, 0.3) is 0 Å². The van der Waals surface area contributed by atoms with Crippen molar-refractivity contribution >= 4 is 17.1 Å². The van der Waals surface area contributed by atoms with Crippen LogP contribution in [0.4, 0.5) is 19.1 Å². The number of nitrogens with zero attached hydrogens (tertiary/aromatic N) is 4. The predicted molar refractivity (Wildman–Crippen MR) is 66.2 cm³/mol. The van der Waals surface area contributed by atoms with Gasteiger partial charge in [-0.05, 0) is 12.8 Å². The van der Waals surface area contributed by atoms with Crippen molar-refractivity contribution in [3.63, 3.8) is 0 Å². The second kappa shape index (κ2) is 5.51. The molecule has 0 bridgehead atoms. The van der Waals surface area contributed by atoms with Crippen molar-refractivity contribution < 1.29 is 17.9 Å². The number of aryl methyl sites for hydroxylation is 1. The van der Waals surface area contributed by atoms with Gasteiger partial charge in [-0.2, -0.15) is 18.2 Å². The van der Waals surface area contributed by atoms with Gasteiger partial charge in [0.15, 0.2) is 11.2 Å². The fourth-order valence-electron chi connectivity index (χ4n) is 1.90. The molecular formula is C11H14F3N5O. The van der Waals surface area contributed by atoms with Crippen LogP contribution >= 0.6 is 0 Å². The molecule has 2 rings (SSSR count). The molecule has 0 aliphatic heterocycles. The summed E-state index contributed by atoms with van der Waals surface area (Å²) in [6, 6.07) is 0. The van der Waals surface area contributed by atoms with Gasteiger partial charge in [0, 0.05) is 13.0 Å². The average molecular weight is 289 g/mol. The van der Waals surface area contributed by atoms with Crippen molar-refractivity contribution in [3.05, 3.63) is 6.33 Å². The Labute approximate surface area is 112 Å². The molecule has 0 amide bonds. The third-order valence-electron chi connectivity index (χ3n) is 2.81. The first-order chi connectivity index (χ1) is 9.42. The first kappa shape index (κ1) is 14.4. The number of fused-ring (bicyclic) bond motifs is 1. The maximum Gasteiger partial charge on any atom is 0.389 e. The Morgan fingerprint density at radius 1 is 1.30 bits per heavy atom. The van der Waals surface area contributed by atoms with E-state index >= 15 is 0 Å². The summed E-state index contributed by atoms with van der Waals surface area (Å²) in [5.41, 5.74) is 6.62. The number of rotatable bonds is 5. The number of alkyl halides is 3. The van der Waals surface area contributed by atoms with Crippen LogP contribution in [0, 0.1) is 0 Å². The number of hydrogen-bond donors (Lipinski definition) is 1. The topological polar surface area (TPSA) is 78.8 Å². The molecule has 2 heterocycles. The summed E-state index contributed by atoms with van der Waals surface area (Å²) in [7, 11) is 1.44. The number of halogens is 3. The predicted octanol–water partition coefficient (Wildman–Crippen LogP) is 2.15. The van der Waals surface area contributed by atoms with Crippen LogP contribution in [-0.4, -0.2) is 32.8 Å². The van der Waals surface area contributed by atoms with Crippen LogP contribution in [0.1, 0.15) is 19.3 Å². The maximum absolute atomic E-state index is 12.1. The Bertz CT molecular complexity index is 595. The van der Waals surface area contributed by atoms with Crippen molar-refractivity contribution in [1.29, 1.82) is 0 Å². The molecule has 0 unspecified atom stereocenters. The molecule has 0 radical (unpaired) electrons. The smallest absolute Gasteiger partial charge is 0.389 e. The molecule has 110 valence electrons. The van der Waals surface area contributed by atoms with Gasteiger partial charge in [-0.3, -0.25) is 4.57 Å². The Morgan fingerprint density at radius 3 is 2.70 bits per heavy atom. The van der Waals surface area contributed by atoms with E-state index in [0.29, 0.717) is 24.1 Å². The minimum absolute atomic E-state index is 0.0326. The van der Waals surface area contributed by atoms with Crippen LogP contribution in [0.15, 0.2) is 6.33 Å². The van der Waals surface area contributed by atoms with Crippen LogP contribution in [0.3, 0.4) is 0 Å². The SMILES string of the molecule is COc1ncnc2c1nc(N)n2CCCCC(F)(F)F. The van der Waals surface area contributed by atoms with Crippen LogP contribution in [-0.2, 0) is 6.54 Å². The molecular weight excluding hydrogens is 275 g/mol. The fourth-order valence-corrected chi connectivity index (χ4v) is 1.90. The zero-order valence-electron chi connectivity index (χ0n) is 10.8. The Hall–Kier alpha value is -2.06. The van der Waals surface area contributed by atoms with Crippen LogP contribution < -0.4 is 10.5 Å². The molecule has 0 saturated carbocycles. The third-order valence-corrected chi connectivity index (χ3v) is 2.81. The zero-order valence-corrected chi connectivity index (χ0v) is 10.8. The van der Waals surface area contributed by atoms with E-state index in [4.69, 9.17) is 10.5 Å². The molecule has 0 spiro atoms. The lowest BCUT2D eigenvalue weighted by atomic mass is 10.2. The molecule has 2 aromatic rings. The van der Waals surface area contributed by atoms with E-state index in [9.17, 15) is 13.2 Å². The highest BCUT2D eigenvalue weighted by Gasteiger charge is 2.26. The molecule has 0 aliphatic rings. The summed E-state index contributed by atoms with van der Waals surface area (Å²) in [6.07, 6.45) is -3.27. The highest BCUT2D eigenvalue weighted by atomic mass is 19.4. The number of imidazole rings is 1. The number of unbranched alkanes of at least 4 members (excludes halogenated alkanes) is 1. The Morgan fingerprint density at radius 2 is 2.05 bits per heavy atom. The van der Waals surface area contributed by atoms with Crippen molar-refractivity contribution in [2.24, 2.45) is 0 Å². The maximum atomic E-state index is 12.1. The van der Waals surface area contributed by atoms with E-state index in [2.05, 4.69) is 15.0 Å². The largest absolute Gasteiger partial charge is 0.479 e. The van der Waals surface area contributed by atoms with E-state index in [1.165, 1.54) is 13.4 Å². The number of hydrogen-bond acceptors (Lipinski definition) is 5. The van der Waals surface area contributed by atoms with Gasteiger partial charge in [-0.25, -0.2) is 9.97 Å². The quantitative estimate of drug-likeness (QED) is 0.853. The van der Waals surface area contributed by atoms with E-state index in [1.807, 2.05) is 0 Å². The van der Waals surface area contributed by atoms with E-state index < -0.39 is 12.6 Å². The minimum atomic E-state index is -4.13. The summed E-state index contributed by atoms with van der Waals surface area (Å²) in [5.74, 6) is 0.474.